The molecule has 0 aliphatic heterocycles. The average molecular weight is 226 g/mol. The first-order valence-corrected chi connectivity index (χ1v) is 5.60. The summed E-state index contributed by atoms with van der Waals surface area (Å²) in [4.78, 5) is 0. The standard InChI is InChI=1S/C12H19FN2O/c1-2-3-7-16-8-6-15-12-9-10(13)4-5-11(12)14/h4-5,9,15H,2-3,6-8,14H2,1H3. The molecule has 4 heteroatoms. The van der Waals surface area contributed by atoms with Crippen LogP contribution in [0.15, 0.2) is 18.2 Å². The van der Waals surface area contributed by atoms with E-state index in [1.54, 1.807) is 6.07 Å². The van der Waals surface area contributed by atoms with E-state index in [-0.39, 0.29) is 5.82 Å². The van der Waals surface area contributed by atoms with Gasteiger partial charge in [0.05, 0.1) is 18.0 Å². The Morgan fingerprint density at radius 2 is 2.19 bits per heavy atom. The molecule has 16 heavy (non-hydrogen) atoms. The monoisotopic (exact) mass is 226 g/mol. The number of unbranched alkanes of at least 4 members (excludes halogenated alkanes) is 1. The summed E-state index contributed by atoms with van der Waals surface area (Å²) in [5, 5.41) is 3.04. The minimum Gasteiger partial charge on any atom is -0.397 e. The van der Waals surface area contributed by atoms with Gasteiger partial charge in [-0.1, -0.05) is 13.3 Å². The van der Waals surface area contributed by atoms with E-state index in [0.717, 1.165) is 19.4 Å². The SMILES string of the molecule is CCCCOCCNc1cc(F)ccc1N. The Balaban J connectivity index is 2.23. The van der Waals surface area contributed by atoms with Crippen LogP contribution in [-0.4, -0.2) is 19.8 Å². The Kier molecular flexibility index (Phi) is 5.64. The van der Waals surface area contributed by atoms with Crippen LogP contribution in [0.2, 0.25) is 0 Å². The first-order chi connectivity index (χ1) is 7.74. The summed E-state index contributed by atoms with van der Waals surface area (Å²) >= 11 is 0. The fraction of sp³-hybridized carbons (Fsp3) is 0.500. The van der Waals surface area contributed by atoms with E-state index in [1.165, 1.54) is 12.1 Å². The molecule has 0 aliphatic rings. The number of anilines is 2. The summed E-state index contributed by atoms with van der Waals surface area (Å²) in [6, 6.07) is 4.29. The number of hydrogen-bond acceptors (Lipinski definition) is 3. The molecule has 0 unspecified atom stereocenters. The number of benzene rings is 1. The lowest BCUT2D eigenvalue weighted by Crippen LogP contribution is -2.11. The van der Waals surface area contributed by atoms with Crippen LogP contribution in [0.1, 0.15) is 19.8 Å². The molecule has 90 valence electrons. The van der Waals surface area contributed by atoms with Crippen LogP contribution in [0.25, 0.3) is 0 Å². The highest BCUT2D eigenvalue weighted by Crippen LogP contribution is 2.18. The van der Waals surface area contributed by atoms with Crippen molar-refractivity contribution in [3.63, 3.8) is 0 Å². The highest BCUT2D eigenvalue weighted by atomic mass is 19.1. The van der Waals surface area contributed by atoms with Crippen LogP contribution >= 0.6 is 0 Å². The van der Waals surface area contributed by atoms with Crippen molar-refractivity contribution in [3.05, 3.63) is 24.0 Å². The minimum atomic E-state index is -0.288. The molecule has 0 atom stereocenters. The third-order valence-corrected chi connectivity index (χ3v) is 2.22. The van der Waals surface area contributed by atoms with Gasteiger partial charge in [-0.2, -0.15) is 0 Å². The van der Waals surface area contributed by atoms with Gasteiger partial charge in [0.25, 0.3) is 0 Å². The fourth-order valence-electron chi connectivity index (χ4n) is 1.29. The van der Waals surface area contributed by atoms with Crippen molar-refractivity contribution in [3.8, 4) is 0 Å². The maximum absolute atomic E-state index is 12.9. The van der Waals surface area contributed by atoms with E-state index < -0.39 is 0 Å². The van der Waals surface area contributed by atoms with Gasteiger partial charge in [-0.3, -0.25) is 0 Å². The maximum Gasteiger partial charge on any atom is 0.125 e. The van der Waals surface area contributed by atoms with Crippen molar-refractivity contribution in [2.45, 2.75) is 19.8 Å². The Morgan fingerprint density at radius 3 is 2.94 bits per heavy atom. The molecule has 1 rings (SSSR count). The average Bonchev–Trinajstić information content (AvgIpc) is 2.28. The minimum absolute atomic E-state index is 0.288. The second kappa shape index (κ2) is 7.06. The second-order valence-electron chi connectivity index (χ2n) is 3.62. The summed E-state index contributed by atoms with van der Waals surface area (Å²) in [6.07, 6.45) is 2.20. The van der Waals surface area contributed by atoms with Gasteiger partial charge in [0.1, 0.15) is 5.82 Å². The van der Waals surface area contributed by atoms with Gasteiger partial charge in [-0.15, -0.1) is 0 Å². The molecule has 0 saturated carbocycles. The topological polar surface area (TPSA) is 47.3 Å². The molecule has 0 aromatic heterocycles. The number of hydrogen-bond donors (Lipinski definition) is 2. The fourth-order valence-corrected chi connectivity index (χ4v) is 1.29. The van der Waals surface area contributed by atoms with Crippen LogP contribution in [0.4, 0.5) is 15.8 Å². The zero-order chi connectivity index (χ0) is 11.8. The molecule has 0 bridgehead atoms. The van der Waals surface area contributed by atoms with E-state index in [1.807, 2.05) is 0 Å². The van der Waals surface area contributed by atoms with Crippen molar-refractivity contribution >= 4 is 11.4 Å². The number of halogens is 1. The molecule has 0 heterocycles. The molecule has 0 spiro atoms. The number of nitrogens with two attached hydrogens (primary N) is 1. The number of ether oxygens (including phenoxy) is 1. The van der Waals surface area contributed by atoms with E-state index in [9.17, 15) is 4.39 Å². The van der Waals surface area contributed by atoms with Crippen molar-refractivity contribution in [1.82, 2.24) is 0 Å². The smallest absolute Gasteiger partial charge is 0.125 e. The van der Waals surface area contributed by atoms with E-state index in [4.69, 9.17) is 10.5 Å². The quantitative estimate of drug-likeness (QED) is 0.555. The van der Waals surface area contributed by atoms with Crippen molar-refractivity contribution in [2.24, 2.45) is 0 Å². The van der Waals surface area contributed by atoms with Crippen LogP contribution in [0.5, 0.6) is 0 Å². The lowest BCUT2D eigenvalue weighted by Gasteiger charge is -2.09. The van der Waals surface area contributed by atoms with Crippen LogP contribution in [-0.2, 0) is 4.74 Å². The summed E-state index contributed by atoms with van der Waals surface area (Å²) in [5.74, 6) is -0.288. The third kappa shape index (κ3) is 4.49. The predicted octanol–water partition coefficient (Wildman–Crippen LogP) is 2.64. The molecule has 0 saturated heterocycles. The summed E-state index contributed by atoms with van der Waals surface area (Å²) < 4.78 is 18.3. The lowest BCUT2D eigenvalue weighted by molar-refractivity contribution is 0.141. The molecule has 1 aromatic rings. The van der Waals surface area contributed by atoms with Gasteiger partial charge in [0.15, 0.2) is 0 Å². The Bertz CT molecular complexity index is 318. The largest absolute Gasteiger partial charge is 0.397 e. The van der Waals surface area contributed by atoms with Gasteiger partial charge < -0.3 is 15.8 Å². The number of nitrogens with one attached hydrogen (secondary N) is 1. The van der Waals surface area contributed by atoms with E-state index >= 15 is 0 Å². The Hall–Kier alpha value is -1.29. The van der Waals surface area contributed by atoms with Crippen molar-refractivity contribution in [2.75, 3.05) is 30.8 Å². The third-order valence-electron chi connectivity index (χ3n) is 2.22. The summed E-state index contributed by atoms with van der Waals surface area (Å²) in [5.41, 5.74) is 6.86. The molecule has 0 amide bonds. The van der Waals surface area contributed by atoms with Crippen molar-refractivity contribution < 1.29 is 9.13 Å². The molecule has 0 aliphatic carbocycles. The van der Waals surface area contributed by atoms with Gasteiger partial charge in [-0.05, 0) is 24.6 Å². The highest BCUT2D eigenvalue weighted by Gasteiger charge is 1.99. The Morgan fingerprint density at radius 1 is 1.38 bits per heavy atom. The summed E-state index contributed by atoms with van der Waals surface area (Å²) in [6.45, 7) is 4.14. The zero-order valence-corrected chi connectivity index (χ0v) is 9.63. The predicted molar refractivity (Wildman–Crippen MR) is 65.0 cm³/mol. The van der Waals surface area contributed by atoms with Crippen LogP contribution in [0.3, 0.4) is 0 Å². The van der Waals surface area contributed by atoms with Crippen LogP contribution in [0, 0.1) is 5.82 Å². The molecule has 3 nitrogen and oxygen atoms in total. The zero-order valence-electron chi connectivity index (χ0n) is 9.63. The molecule has 1 aromatic carbocycles. The highest BCUT2D eigenvalue weighted by molar-refractivity contribution is 5.65. The first-order valence-electron chi connectivity index (χ1n) is 5.60. The number of rotatable bonds is 7. The normalized spacial score (nSPS) is 10.4. The Labute approximate surface area is 95.8 Å². The summed E-state index contributed by atoms with van der Waals surface area (Å²) in [7, 11) is 0. The van der Waals surface area contributed by atoms with E-state index in [2.05, 4.69) is 12.2 Å². The molecule has 0 fully saturated rings. The molecule has 0 radical (unpaired) electrons. The van der Waals surface area contributed by atoms with Crippen molar-refractivity contribution in [1.29, 1.82) is 0 Å². The molecule has 3 N–H and O–H groups in total. The number of nitrogen functional groups attached to an aromatic ring is 1. The van der Waals surface area contributed by atoms with E-state index in [0.29, 0.717) is 24.5 Å². The van der Waals surface area contributed by atoms with Gasteiger partial charge >= 0.3 is 0 Å². The lowest BCUT2D eigenvalue weighted by atomic mass is 10.2. The van der Waals surface area contributed by atoms with Gasteiger partial charge in [0, 0.05) is 13.2 Å². The van der Waals surface area contributed by atoms with Crippen LogP contribution < -0.4 is 11.1 Å². The molecular weight excluding hydrogens is 207 g/mol. The first kappa shape index (κ1) is 12.8. The molecular formula is C12H19FN2O. The van der Waals surface area contributed by atoms with Gasteiger partial charge in [0.2, 0.25) is 0 Å². The van der Waals surface area contributed by atoms with Gasteiger partial charge in [-0.25, -0.2) is 4.39 Å². The second-order valence-corrected chi connectivity index (χ2v) is 3.62. The maximum atomic E-state index is 12.9.